The van der Waals surface area contributed by atoms with Crippen LogP contribution in [0.15, 0.2) is 48.5 Å². The number of amides is 1. The van der Waals surface area contributed by atoms with Gasteiger partial charge >= 0.3 is 0 Å². The molecule has 134 valence electrons. The Morgan fingerprint density at radius 2 is 1.60 bits per heavy atom. The summed E-state index contributed by atoms with van der Waals surface area (Å²) in [6, 6.07) is 15.0. The molecule has 1 amide bonds. The van der Waals surface area contributed by atoms with Crippen molar-refractivity contribution in [2.45, 2.75) is 26.4 Å². The standard InChI is InChI=1S/C20H25NO4/c1-4-19(25-18-11-9-16(23-3)10-12-18)20(22)21-13-14-24-17-7-5-15(2)6-8-17/h5-12,19H,4,13-14H2,1-3H3,(H,21,22)/t19-/m0/s1. The molecule has 5 nitrogen and oxygen atoms in total. The molecule has 0 radical (unpaired) electrons. The van der Waals surface area contributed by atoms with Crippen molar-refractivity contribution in [3.63, 3.8) is 0 Å². The molecule has 0 saturated carbocycles. The van der Waals surface area contributed by atoms with E-state index in [0.29, 0.717) is 25.3 Å². The van der Waals surface area contributed by atoms with Gasteiger partial charge in [-0.2, -0.15) is 0 Å². The van der Waals surface area contributed by atoms with Gasteiger partial charge in [-0.15, -0.1) is 0 Å². The Labute approximate surface area is 148 Å². The van der Waals surface area contributed by atoms with Crippen LogP contribution in [0, 0.1) is 6.92 Å². The molecule has 0 spiro atoms. The fourth-order valence-electron chi connectivity index (χ4n) is 2.23. The van der Waals surface area contributed by atoms with Crippen molar-refractivity contribution < 1.29 is 19.0 Å². The fraction of sp³-hybridized carbons (Fsp3) is 0.350. The maximum atomic E-state index is 12.2. The predicted octanol–water partition coefficient (Wildman–Crippen LogP) is 3.36. The molecule has 1 atom stereocenters. The van der Waals surface area contributed by atoms with Gasteiger partial charge in [-0.05, 0) is 49.7 Å². The molecule has 0 unspecified atom stereocenters. The summed E-state index contributed by atoms with van der Waals surface area (Å²) in [7, 11) is 1.61. The van der Waals surface area contributed by atoms with E-state index >= 15 is 0 Å². The maximum absolute atomic E-state index is 12.2. The van der Waals surface area contributed by atoms with Crippen molar-refractivity contribution >= 4 is 5.91 Å². The van der Waals surface area contributed by atoms with E-state index in [4.69, 9.17) is 14.2 Å². The normalized spacial score (nSPS) is 11.5. The van der Waals surface area contributed by atoms with Gasteiger partial charge in [-0.1, -0.05) is 24.6 Å². The lowest BCUT2D eigenvalue weighted by Gasteiger charge is -2.17. The number of ether oxygens (including phenoxy) is 3. The SMILES string of the molecule is CC[C@H](Oc1ccc(OC)cc1)C(=O)NCCOc1ccc(C)cc1. The van der Waals surface area contributed by atoms with E-state index in [1.807, 2.05) is 38.1 Å². The molecular formula is C20H25NO4. The van der Waals surface area contributed by atoms with Crippen LogP contribution in [0.4, 0.5) is 0 Å². The highest BCUT2D eigenvalue weighted by Gasteiger charge is 2.17. The number of carbonyl (C=O) groups is 1. The van der Waals surface area contributed by atoms with Gasteiger partial charge in [0.25, 0.3) is 5.91 Å². The average molecular weight is 343 g/mol. The molecule has 0 fully saturated rings. The molecule has 0 aliphatic rings. The number of hydrogen-bond donors (Lipinski definition) is 1. The molecule has 0 bridgehead atoms. The Morgan fingerprint density at radius 3 is 2.20 bits per heavy atom. The summed E-state index contributed by atoms with van der Waals surface area (Å²) >= 11 is 0. The smallest absolute Gasteiger partial charge is 0.261 e. The summed E-state index contributed by atoms with van der Waals surface area (Å²) in [5.41, 5.74) is 1.18. The zero-order chi connectivity index (χ0) is 18.1. The van der Waals surface area contributed by atoms with Crippen molar-refractivity contribution in [2.24, 2.45) is 0 Å². The molecule has 5 heteroatoms. The summed E-state index contributed by atoms with van der Waals surface area (Å²) in [6.07, 6.45) is 0.0456. The second-order valence-corrected chi connectivity index (χ2v) is 5.64. The van der Waals surface area contributed by atoms with Crippen LogP contribution in [0.2, 0.25) is 0 Å². The molecule has 0 saturated heterocycles. The van der Waals surface area contributed by atoms with Gasteiger partial charge in [0.2, 0.25) is 0 Å². The molecule has 2 rings (SSSR count). The number of nitrogens with one attached hydrogen (secondary N) is 1. The molecule has 0 heterocycles. The van der Waals surface area contributed by atoms with E-state index in [1.165, 1.54) is 5.56 Å². The van der Waals surface area contributed by atoms with Crippen LogP contribution in [-0.4, -0.2) is 32.3 Å². The first-order valence-electron chi connectivity index (χ1n) is 8.40. The molecule has 1 N–H and O–H groups in total. The Morgan fingerprint density at radius 1 is 1.00 bits per heavy atom. The summed E-state index contributed by atoms with van der Waals surface area (Å²) in [4.78, 5) is 12.2. The van der Waals surface area contributed by atoms with Crippen LogP contribution >= 0.6 is 0 Å². The lowest BCUT2D eigenvalue weighted by atomic mass is 10.2. The quantitative estimate of drug-likeness (QED) is 0.710. The van der Waals surface area contributed by atoms with E-state index < -0.39 is 6.10 Å². The number of carbonyl (C=O) groups excluding carboxylic acids is 1. The number of hydrogen-bond acceptors (Lipinski definition) is 4. The van der Waals surface area contributed by atoms with Crippen LogP contribution in [0.1, 0.15) is 18.9 Å². The van der Waals surface area contributed by atoms with Gasteiger partial charge in [0, 0.05) is 0 Å². The first-order valence-corrected chi connectivity index (χ1v) is 8.40. The van der Waals surface area contributed by atoms with Crippen LogP contribution < -0.4 is 19.5 Å². The van der Waals surface area contributed by atoms with Gasteiger partial charge in [0.05, 0.1) is 13.7 Å². The Balaban J connectivity index is 1.75. The fourth-order valence-corrected chi connectivity index (χ4v) is 2.23. The summed E-state index contributed by atoms with van der Waals surface area (Å²) < 4.78 is 16.5. The highest BCUT2D eigenvalue weighted by molar-refractivity contribution is 5.81. The van der Waals surface area contributed by atoms with Crippen molar-refractivity contribution in [2.75, 3.05) is 20.3 Å². The second-order valence-electron chi connectivity index (χ2n) is 5.64. The molecule has 0 aliphatic carbocycles. The number of methoxy groups -OCH3 is 1. The van der Waals surface area contributed by atoms with E-state index in [-0.39, 0.29) is 5.91 Å². The van der Waals surface area contributed by atoms with Gasteiger partial charge in [0.1, 0.15) is 23.9 Å². The van der Waals surface area contributed by atoms with Crippen molar-refractivity contribution in [3.05, 3.63) is 54.1 Å². The van der Waals surface area contributed by atoms with Crippen LogP contribution in [-0.2, 0) is 4.79 Å². The topological polar surface area (TPSA) is 56.8 Å². The monoisotopic (exact) mass is 343 g/mol. The van der Waals surface area contributed by atoms with Crippen LogP contribution in [0.5, 0.6) is 17.2 Å². The zero-order valence-corrected chi connectivity index (χ0v) is 15.0. The third-order valence-corrected chi connectivity index (χ3v) is 3.69. The highest BCUT2D eigenvalue weighted by Crippen LogP contribution is 2.19. The number of aryl methyl sites for hydroxylation is 1. The lowest BCUT2D eigenvalue weighted by Crippen LogP contribution is -2.39. The van der Waals surface area contributed by atoms with Gasteiger partial charge in [-0.3, -0.25) is 4.79 Å². The molecule has 0 aromatic heterocycles. The third kappa shape index (κ3) is 6.03. The molecule has 2 aromatic carbocycles. The lowest BCUT2D eigenvalue weighted by molar-refractivity contribution is -0.128. The Hall–Kier alpha value is -2.69. The first kappa shape index (κ1) is 18.6. The van der Waals surface area contributed by atoms with Gasteiger partial charge < -0.3 is 19.5 Å². The van der Waals surface area contributed by atoms with E-state index in [2.05, 4.69) is 5.32 Å². The Bertz CT molecular complexity index is 652. The second kappa shape index (κ2) is 9.57. The molecule has 2 aromatic rings. The van der Waals surface area contributed by atoms with Crippen molar-refractivity contribution in [3.8, 4) is 17.2 Å². The molecule has 0 aliphatic heterocycles. The third-order valence-electron chi connectivity index (χ3n) is 3.69. The summed E-state index contributed by atoms with van der Waals surface area (Å²) in [5, 5.41) is 2.84. The molecular weight excluding hydrogens is 318 g/mol. The van der Waals surface area contributed by atoms with Gasteiger partial charge in [0.15, 0.2) is 6.10 Å². The van der Waals surface area contributed by atoms with E-state index in [0.717, 1.165) is 11.5 Å². The summed E-state index contributed by atoms with van der Waals surface area (Å²) in [5.74, 6) is 2.03. The average Bonchev–Trinajstić information content (AvgIpc) is 2.65. The minimum Gasteiger partial charge on any atom is -0.497 e. The van der Waals surface area contributed by atoms with E-state index in [9.17, 15) is 4.79 Å². The largest absolute Gasteiger partial charge is 0.497 e. The number of benzene rings is 2. The number of rotatable bonds is 9. The van der Waals surface area contributed by atoms with Crippen molar-refractivity contribution in [1.29, 1.82) is 0 Å². The van der Waals surface area contributed by atoms with E-state index in [1.54, 1.807) is 31.4 Å². The van der Waals surface area contributed by atoms with Crippen LogP contribution in [0.25, 0.3) is 0 Å². The Kier molecular flexibility index (Phi) is 7.14. The van der Waals surface area contributed by atoms with Crippen LogP contribution in [0.3, 0.4) is 0 Å². The van der Waals surface area contributed by atoms with Crippen molar-refractivity contribution in [1.82, 2.24) is 5.32 Å². The molecule has 25 heavy (non-hydrogen) atoms. The first-order chi connectivity index (χ1) is 12.1. The summed E-state index contributed by atoms with van der Waals surface area (Å²) in [6.45, 7) is 4.78. The minimum absolute atomic E-state index is 0.147. The predicted molar refractivity (Wildman–Crippen MR) is 97.4 cm³/mol. The van der Waals surface area contributed by atoms with Gasteiger partial charge in [-0.25, -0.2) is 0 Å². The zero-order valence-electron chi connectivity index (χ0n) is 15.0. The maximum Gasteiger partial charge on any atom is 0.261 e. The minimum atomic E-state index is -0.534. The highest BCUT2D eigenvalue weighted by atomic mass is 16.5.